The Labute approximate surface area is 165 Å². The van der Waals surface area contributed by atoms with E-state index in [4.69, 9.17) is 4.74 Å². The average Bonchev–Trinajstić information content (AvgIpc) is 2.59. The molecule has 3 nitrogen and oxygen atoms in total. The van der Waals surface area contributed by atoms with Crippen LogP contribution in [0, 0.1) is 13.8 Å². The predicted molar refractivity (Wildman–Crippen MR) is 111 cm³/mol. The maximum atomic E-state index is 12.4. The lowest BCUT2D eigenvalue weighted by Gasteiger charge is -2.20. The summed E-state index contributed by atoms with van der Waals surface area (Å²) in [6.07, 6.45) is 0.836. The van der Waals surface area contributed by atoms with Gasteiger partial charge in [-0.05, 0) is 70.9 Å². The monoisotopic (exact) mass is 417 g/mol. The Hall–Kier alpha value is -1.81. The molecule has 0 unspecified atom stereocenters. The highest BCUT2D eigenvalue weighted by atomic mass is 79.9. The second kappa shape index (κ2) is 9.22. The van der Waals surface area contributed by atoms with Gasteiger partial charge < -0.3 is 10.1 Å². The zero-order valence-corrected chi connectivity index (χ0v) is 17.8. The lowest BCUT2D eigenvalue weighted by molar-refractivity contribution is -0.123. The van der Waals surface area contributed by atoms with Crippen molar-refractivity contribution in [2.75, 3.05) is 6.61 Å². The minimum atomic E-state index is -0.114. The first-order chi connectivity index (χ1) is 12.3. The summed E-state index contributed by atoms with van der Waals surface area (Å²) in [5, 5.41) is 3.08. The van der Waals surface area contributed by atoms with Gasteiger partial charge in [-0.1, -0.05) is 50.6 Å². The molecular weight excluding hydrogens is 390 g/mol. The van der Waals surface area contributed by atoms with E-state index in [0.29, 0.717) is 11.7 Å². The molecule has 2 aromatic carbocycles. The van der Waals surface area contributed by atoms with Crippen molar-refractivity contribution in [2.24, 2.45) is 0 Å². The molecule has 0 aromatic heterocycles. The van der Waals surface area contributed by atoms with Gasteiger partial charge in [0.15, 0.2) is 6.61 Å². The fraction of sp³-hybridized carbons (Fsp3) is 0.409. The van der Waals surface area contributed by atoms with Crippen LogP contribution < -0.4 is 10.1 Å². The molecule has 2 aromatic rings. The van der Waals surface area contributed by atoms with Crippen molar-refractivity contribution in [2.45, 2.75) is 53.0 Å². The van der Waals surface area contributed by atoms with Gasteiger partial charge in [-0.2, -0.15) is 0 Å². The van der Waals surface area contributed by atoms with Gasteiger partial charge in [0.25, 0.3) is 5.91 Å². The molecule has 140 valence electrons. The summed E-state index contributed by atoms with van der Waals surface area (Å²) < 4.78 is 6.58. The molecule has 0 fully saturated rings. The molecule has 1 atom stereocenters. The number of benzene rings is 2. The molecule has 2 rings (SSSR count). The molecule has 0 saturated carbocycles. The molecule has 0 heterocycles. The molecule has 26 heavy (non-hydrogen) atoms. The lowest BCUT2D eigenvalue weighted by atomic mass is 9.97. The fourth-order valence-electron chi connectivity index (χ4n) is 2.99. The minimum Gasteiger partial charge on any atom is -0.483 e. The molecule has 0 radical (unpaired) electrons. The molecule has 1 N–H and O–H groups in total. The summed E-state index contributed by atoms with van der Waals surface area (Å²) in [7, 11) is 0. The van der Waals surface area contributed by atoms with Gasteiger partial charge in [0, 0.05) is 0 Å². The fourth-order valence-corrected chi connectivity index (χ4v) is 3.50. The van der Waals surface area contributed by atoms with Crippen molar-refractivity contribution >= 4 is 21.8 Å². The Morgan fingerprint density at radius 3 is 2.46 bits per heavy atom. The first kappa shape index (κ1) is 20.5. The zero-order chi connectivity index (χ0) is 19.3. The number of halogens is 1. The average molecular weight is 418 g/mol. The van der Waals surface area contributed by atoms with Crippen LogP contribution in [-0.2, 0) is 4.79 Å². The summed E-state index contributed by atoms with van der Waals surface area (Å²) in [5.74, 6) is 1.02. The molecule has 0 aliphatic carbocycles. The van der Waals surface area contributed by atoms with Crippen molar-refractivity contribution in [3.05, 3.63) is 63.1 Å². The standard InChI is InChI=1S/C22H28BrNO2/c1-6-20(18-9-7-15(4)11-16(18)5)24-22(25)13-26-21-10-8-17(14(2)3)12-19(21)23/h7-12,14,20H,6,13H2,1-5H3,(H,24,25)/t20-/m1/s1. The number of hydrogen-bond acceptors (Lipinski definition) is 2. The van der Waals surface area contributed by atoms with Crippen molar-refractivity contribution in [1.82, 2.24) is 5.32 Å². The van der Waals surface area contributed by atoms with Crippen LogP contribution in [0.2, 0.25) is 0 Å². The highest BCUT2D eigenvalue weighted by Gasteiger charge is 2.16. The Balaban J connectivity index is 1.99. The van der Waals surface area contributed by atoms with Crippen molar-refractivity contribution in [1.29, 1.82) is 0 Å². The maximum Gasteiger partial charge on any atom is 0.258 e. The molecule has 0 saturated heterocycles. The molecular formula is C22H28BrNO2. The van der Waals surface area contributed by atoms with Gasteiger partial charge >= 0.3 is 0 Å². The molecule has 0 bridgehead atoms. The quantitative estimate of drug-likeness (QED) is 0.614. The van der Waals surface area contributed by atoms with Crippen molar-refractivity contribution < 1.29 is 9.53 Å². The largest absolute Gasteiger partial charge is 0.483 e. The highest BCUT2D eigenvalue weighted by Crippen LogP contribution is 2.29. The second-order valence-electron chi connectivity index (χ2n) is 7.02. The first-order valence-electron chi connectivity index (χ1n) is 9.10. The van der Waals surface area contributed by atoms with Crippen LogP contribution in [0.5, 0.6) is 5.75 Å². The van der Waals surface area contributed by atoms with Gasteiger partial charge in [-0.3, -0.25) is 4.79 Å². The Morgan fingerprint density at radius 2 is 1.88 bits per heavy atom. The number of carbonyl (C=O) groups is 1. The van der Waals surface area contributed by atoms with E-state index in [9.17, 15) is 4.79 Å². The summed E-state index contributed by atoms with van der Waals surface area (Å²) in [5.41, 5.74) is 4.82. The number of hydrogen-bond donors (Lipinski definition) is 1. The number of nitrogens with one attached hydrogen (secondary N) is 1. The van der Waals surface area contributed by atoms with E-state index >= 15 is 0 Å². The van der Waals surface area contributed by atoms with E-state index in [-0.39, 0.29) is 18.6 Å². The van der Waals surface area contributed by atoms with Crippen LogP contribution in [0.25, 0.3) is 0 Å². The van der Waals surface area contributed by atoms with Crippen LogP contribution >= 0.6 is 15.9 Å². The SMILES string of the molecule is CC[C@@H](NC(=O)COc1ccc(C(C)C)cc1Br)c1ccc(C)cc1C. The molecule has 0 spiro atoms. The first-order valence-corrected chi connectivity index (χ1v) is 9.89. The van der Waals surface area contributed by atoms with E-state index in [1.807, 2.05) is 18.2 Å². The third-order valence-electron chi connectivity index (χ3n) is 4.53. The Morgan fingerprint density at radius 1 is 1.15 bits per heavy atom. The van der Waals surface area contributed by atoms with Gasteiger partial charge in [-0.15, -0.1) is 0 Å². The van der Waals surface area contributed by atoms with Crippen LogP contribution in [-0.4, -0.2) is 12.5 Å². The summed E-state index contributed by atoms with van der Waals surface area (Å²) in [6, 6.07) is 12.3. The third kappa shape index (κ3) is 5.34. The van der Waals surface area contributed by atoms with Crippen molar-refractivity contribution in [3.8, 4) is 5.75 Å². The molecule has 1 amide bonds. The zero-order valence-electron chi connectivity index (χ0n) is 16.2. The van der Waals surface area contributed by atoms with E-state index in [1.54, 1.807) is 0 Å². The van der Waals surface area contributed by atoms with Crippen molar-refractivity contribution in [3.63, 3.8) is 0 Å². The van der Waals surface area contributed by atoms with Gasteiger partial charge in [-0.25, -0.2) is 0 Å². The normalized spacial score (nSPS) is 12.1. The second-order valence-corrected chi connectivity index (χ2v) is 7.88. The topological polar surface area (TPSA) is 38.3 Å². The van der Waals surface area contributed by atoms with Gasteiger partial charge in [0.05, 0.1) is 10.5 Å². The summed E-state index contributed by atoms with van der Waals surface area (Å²) in [4.78, 5) is 12.4. The highest BCUT2D eigenvalue weighted by molar-refractivity contribution is 9.10. The van der Waals surface area contributed by atoms with Gasteiger partial charge in [0.1, 0.15) is 5.75 Å². The van der Waals surface area contributed by atoms with Gasteiger partial charge in [0.2, 0.25) is 0 Å². The van der Waals surface area contributed by atoms with Crippen LogP contribution in [0.1, 0.15) is 61.4 Å². The summed E-state index contributed by atoms with van der Waals surface area (Å²) >= 11 is 3.53. The minimum absolute atomic E-state index is 0.00103. The smallest absolute Gasteiger partial charge is 0.258 e. The number of amides is 1. The van der Waals surface area contributed by atoms with Crippen LogP contribution in [0.15, 0.2) is 40.9 Å². The van der Waals surface area contributed by atoms with Crippen LogP contribution in [0.3, 0.4) is 0 Å². The number of aryl methyl sites for hydroxylation is 2. The number of ether oxygens (including phenoxy) is 1. The van der Waals surface area contributed by atoms with E-state index < -0.39 is 0 Å². The van der Waals surface area contributed by atoms with Crippen LogP contribution in [0.4, 0.5) is 0 Å². The molecule has 0 aliphatic heterocycles. The number of carbonyl (C=O) groups excluding carboxylic acids is 1. The molecule has 0 aliphatic rings. The third-order valence-corrected chi connectivity index (χ3v) is 5.15. The van der Waals surface area contributed by atoms with E-state index in [2.05, 4.69) is 74.1 Å². The maximum absolute atomic E-state index is 12.4. The van der Waals surface area contributed by atoms with E-state index in [1.165, 1.54) is 16.7 Å². The Kier molecular flexibility index (Phi) is 7.27. The summed E-state index contributed by atoms with van der Waals surface area (Å²) in [6.45, 7) is 10.5. The van der Waals surface area contributed by atoms with E-state index in [0.717, 1.165) is 16.5 Å². The number of rotatable bonds is 7. The molecule has 4 heteroatoms. The Bertz CT molecular complexity index is 771. The predicted octanol–water partition coefficient (Wildman–Crippen LogP) is 5.84. The lowest BCUT2D eigenvalue weighted by Crippen LogP contribution is -2.32.